The van der Waals surface area contributed by atoms with Crippen molar-refractivity contribution in [2.24, 2.45) is 4.99 Å². The van der Waals surface area contributed by atoms with Gasteiger partial charge in [0, 0.05) is 44.0 Å². The van der Waals surface area contributed by atoms with E-state index in [-0.39, 0.29) is 24.0 Å². The Kier molecular flexibility index (Phi) is 7.37. The van der Waals surface area contributed by atoms with Crippen LogP contribution in [0.5, 0.6) is 0 Å². The van der Waals surface area contributed by atoms with Gasteiger partial charge in [-0.15, -0.1) is 24.0 Å². The summed E-state index contributed by atoms with van der Waals surface area (Å²) >= 11 is 0. The van der Waals surface area contributed by atoms with Crippen molar-refractivity contribution in [2.75, 3.05) is 25.0 Å². The molecule has 2 aromatic rings. The molecule has 0 spiro atoms. The Bertz CT molecular complexity index is 739. The topological polar surface area (TPSA) is 52.8 Å². The van der Waals surface area contributed by atoms with Crippen LogP contribution in [0.15, 0.2) is 39.7 Å². The fraction of sp³-hybridized carbons (Fsp3) is 0.450. The van der Waals surface area contributed by atoms with Gasteiger partial charge in [-0.3, -0.25) is 4.99 Å². The maximum atomic E-state index is 5.58. The number of furan rings is 1. The van der Waals surface area contributed by atoms with Crippen LogP contribution in [0, 0.1) is 20.8 Å². The van der Waals surface area contributed by atoms with Gasteiger partial charge in [-0.25, -0.2) is 0 Å². The normalized spacial score (nSPS) is 17.2. The molecule has 0 aliphatic carbocycles. The van der Waals surface area contributed by atoms with Crippen molar-refractivity contribution in [2.45, 2.75) is 39.8 Å². The van der Waals surface area contributed by atoms with Crippen molar-refractivity contribution in [1.82, 2.24) is 10.6 Å². The summed E-state index contributed by atoms with van der Waals surface area (Å²) in [6.07, 6.45) is 1.11. The summed E-state index contributed by atoms with van der Waals surface area (Å²) in [5, 5.41) is 6.93. The Labute approximate surface area is 173 Å². The standard InChI is InChI=1S/C20H28N4O.HI/c1-14-5-7-19(8-6-14)24-10-9-18(13-24)23-20(21-4)22-12-17-11-15(2)25-16(17)3;/h5-8,11,18H,9-10,12-13H2,1-4H3,(H2,21,22,23);1H. The van der Waals surface area contributed by atoms with Crippen molar-refractivity contribution in [3.63, 3.8) is 0 Å². The zero-order valence-corrected chi connectivity index (χ0v) is 18.3. The number of hydrogen-bond donors (Lipinski definition) is 2. The lowest BCUT2D eigenvalue weighted by atomic mass is 10.2. The fourth-order valence-corrected chi connectivity index (χ4v) is 3.29. The van der Waals surface area contributed by atoms with Gasteiger partial charge in [0.2, 0.25) is 0 Å². The zero-order valence-electron chi connectivity index (χ0n) is 16.0. The number of rotatable bonds is 4. The Morgan fingerprint density at radius 2 is 1.96 bits per heavy atom. The highest BCUT2D eigenvalue weighted by Gasteiger charge is 2.23. The third kappa shape index (κ3) is 5.16. The van der Waals surface area contributed by atoms with Crippen LogP contribution in [-0.2, 0) is 6.54 Å². The molecule has 3 rings (SSSR count). The largest absolute Gasteiger partial charge is 0.466 e. The monoisotopic (exact) mass is 468 g/mol. The minimum atomic E-state index is 0. The van der Waals surface area contributed by atoms with E-state index in [1.165, 1.54) is 16.8 Å². The summed E-state index contributed by atoms with van der Waals surface area (Å²) in [5.41, 5.74) is 3.77. The molecule has 1 aliphatic heterocycles. The van der Waals surface area contributed by atoms with Crippen LogP contribution >= 0.6 is 24.0 Å². The van der Waals surface area contributed by atoms with E-state index >= 15 is 0 Å². The predicted molar refractivity (Wildman–Crippen MR) is 119 cm³/mol. The number of nitrogens with zero attached hydrogens (tertiary/aromatic N) is 2. The van der Waals surface area contributed by atoms with Gasteiger partial charge in [0.1, 0.15) is 11.5 Å². The van der Waals surface area contributed by atoms with E-state index in [1.807, 2.05) is 20.9 Å². The lowest BCUT2D eigenvalue weighted by molar-refractivity contribution is 0.500. The maximum Gasteiger partial charge on any atom is 0.191 e. The maximum absolute atomic E-state index is 5.58. The number of nitrogens with one attached hydrogen (secondary N) is 2. The number of hydrogen-bond acceptors (Lipinski definition) is 3. The molecule has 1 aromatic heterocycles. The molecule has 5 nitrogen and oxygen atoms in total. The van der Waals surface area contributed by atoms with E-state index in [4.69, 9.17) is 4.42 Å². The van der Waals surface area contributed by atoms with E-state index in [9.17, 15) is 0 Å². The minimum Gasteiger partial charge on any atom is -0.466 e. The molecule has 2 heterocycles. The predicted octanol–water partition coefficient (Wildman–Crippen LogP) is 3.77. The van der Waals surface area contributed by atoms with E-state index in [1.54, 1.807) is 0 Å². The van der Waals surface area contributed by atoms with Crippen LogP contribution in [0.2, 0.25) is 0 Å². The van der Waals surface area contributed by atoms with E-state index < -0.39 is 0 Å². The summed E-state index contributed by atoms with van der Waals surface area (Å²) < 4.78 is 5.58. The second kappa shape index (κ2) is 9.30. The van der Waals surface area contributed by atoms with E-state index in [2.05, 4.69) is 57.8 Å². The molecule has 0 saturated carbocycles. The summed E-state index contributed by atoms with van der Waals surface area (Å²) in [6, 6.07) is 11.2. The first-order valence-corrected chi connectivity index (χ1v) is 8.90. The highest BCUT2D eigenvalue weighted by atomic mass is 127. The number of benzene rings is 1. The first-order chi connectivity index (χ1) is 12.0. The Morgan fingerprint density at radius 1 is 1.23 bits per heavy atom. The number of halogens is 1. The fourth-order valence-electron chi connectivity index (χ4n) is 3.29. The molecular weight excluding hydrogens is 439 g/mol. The van der Waals surface area contributed by atoms with Crippen LogP contribution in [0.25, 0.3) is 0 Å². The minimum absolute atomic E-state index is 0. The smallest absolute Gasteiger partial charge is 0.191 e. The lowest BCUT2D eigenvalue weighted by Crippen LogP contribution is -2.44. The highest BCUT2D eigenvalue weighted by molar-refractivity contribution is 14.0. The molecule has 1 atom stereocenters. The van der Waals surface area contributed by atoms with Gasteiger partial charge in [0.25, 0.3) is 0 Å². The van der Waals surface area contributed by atoms with E-state index in [0.29, 0.717) is 6.04 Å². The molecule has 0 bridgehead atoms. The summed E-state index contributed by atoms with van der Waals surface area (Å²) in [6.45, 7) is 8.87. The zero-order chi connectivity index (χ0) is 17.8. The van der Waals surface area contributed by atoms with Crippen LogP contribution in [0.1, 0.15) is 29.1 Å². The molecule has 142 valence electrons. The number of aryl methyl sites for hydroxylation is 3. The Hall–Kier alpha value is -1.70. The average Bonchev–Trinajstić information content (AvgIpc) is 3.18. The molecule has 1 unspecified atom stereocenters. The van der Waals surface area contributed by atoms with Gasteiger partial charge in [-0.1, -0.05) is 17.7 Å². The third-order valence-electron chi connectivity index (χ3n) is 4.74. The summed E-state index contributed by atoms with van der Waals surface area (Å²) in [7, 11) is 1.81. The quantitative estimate of drug-likeness (QED) is 0.408. The number of guanidine groups is 1. The average molecular weight is 468 g/mol. The third-order valence-corrected chi connectivity index (χ3v) is 4.74. The Morgan fingerprint density at radius 3 is 2.58 bits per heavy atom. The van der Waals surface area contributed by atoms with Gasteiger partial charge in [0.05, 0.1) is 0 Å². The molecule has 1 fully saturated rings. The van der Waals surface area contributed by atoms with Gasteiger partial charge in [-0.2, -0.15) is 0 Å². The molecule has 0 amide bonds. The lowest BCUT2D eigenvalue weighted by Gasteiger charge is -2.20. The van der Waals surface area contributed by atoms with Gasteiger partial charge >= 0.3 is 0 Å². The molecule has 2 N–H and O–H groups in total. The molecule has 1 saturated heterocycles. The van der Waals surface area contributed by atoms with Gasteiger partial charge in [-0.05, 0) is 45.4 Å². The van der Waals surface area contributed by atoms with Crippen LogP contribution in [0.3, 0.4) is 0 Å². The second-order valence-electron chi connectivity index (χ2n) is 6.78. The number of anilines is 1. The molecule has 26 heavy (non-hydrogen) atoms. The number of aliphatic imine (C=N–C) groups is 1. The second-order valence-corrected chi connectivity index (χ2v) is 6.78. The van der Waals surface area contributed by atoms with Gasteiger partial charge < -0.3 is 20.0 Å². The first-order valence-electron chi connectivity index (χ1n) is 8.90. The first kappa shape index (κ1) is 20.6. The van der Waals surface area contributed by atoms with E-state index in [0.717, 1.165) is 43.5 Å². The van der Waals surface area contributed by atoms with Gasteiger partial charge in [0.15, 0.2) is 5.96 Å². The van der Waals surface area contributed by atoms with Crippen molar-refractivity contribution in [1.29, 1.82) is 0 Å². The molecular formula is C20H29IN4O. The van der Waals surface area contributed by atoms with Crippen molar-refractivity contribution < 1.29 is 4.42 Å². The van der Waals surface area contributed by atoms with Crippen molar-refractivity contribution >= 4 is 35.6 Å². The molecule has 1 aromatic carbocycles. The van der Waals surface area contributed by atoms with Crippen molar-refractivity contribution in [3.05, 3.63) is 53.0 Å². The van der Waals surface area contributed by atoms with Crippen molar-refractivity contribution in [3.8, 4) is 0 Å². The molecule has 0 radical (unpaired) electrons. The van der Waals surface area contributed by atoms with Crippen LogP contribution in [0.4, 0.5) is 5.69 Å². The summed E-state index contributed by atoms with van der Waals surface area (Å²) in [4.78, 5) is 6.78. The summed E-state index contributed by atoms with van der Waals surface area (Å²) in [5.74, 6) is 2.75. The molecule has 1 aliphatic rings. The highest BCUT2D eigenvalue weighted by Crippen LogP contribution is 2.20. The SMILES string of the molecule is CN=C(NCc1cc(C)oc1C)NC1CCN(c2ccc(C)cc2)C1.I. The Balaban J connectivity index is 0.00000243. The van der Waals surface area contributed by atoms with Crippen LogP contribution in [-0.4, -0.2) is 32.1 Å². The van der Waals surface area contributed by atoms with Crippen LogP contribution < -0.4 is 15.5 Å². The molecule has 6 heteroatoms.